The van der Waals surface area contributed by atoms with E-state index in [1.54, 1.807) is 4.90 Å². The van der Waals surface area contributed by atoms with Crippen LogP contribution in [0.15, 0.2) is 0 Å². The molecule has 4 fully saturated rings. The van der Waals surface area contributed by atoms with Crippen molar-refractivity contribution in [2.24, 2.45) is 11.3 Å². The van der Waals surface area contributed by atoms with Crippen LogP contribution in [0.5, 0.6) is 0 Å². The fraction of sp³-hybridized carbons (Fsp3) is 0.864. The van der Waals surface area contributed by atoms with Gasteiger partial charge in [0.15, 0.2) is 0 Å². The van der Waals surface area contributed by atoms with Gasteiger partial charge in [-0.1, -0.05) is 0 Å². The Hall–Kier alpha value is -1.99. The minimum atomic E-state index is -3.13. The van der Waals surface area contributed by atoms with Gasteiger partial charge in [0.05, 0.1) is 12.7 Å². The van der Waals surface area contributed by atoms with Crippen molar-refractivity contribution < 1.29 is 23.2 Å². The lowest BCUT2D eigenvalue weighted by molar-refractivity contribution is -0.222. The Bertz CT molecular complexity index is 765. The molecule has 2 aliphatic heterocycles. The second kappa shape index (κ2) is 8.75. The molecule has 3 amide bonds. The molecule has 2 N–H and O–H groups in total. The van der Waals surface area contributed by atoms with E-state index in [1.807, 2.05) is 6.07 Å². The number of hydrogen-bond donors (Lipinski definition) is 2. The van der Waals surface area contributed by atoms with Gasteiger partial charge in [-0.25, -0.2) is 13.6 Å². The number of nitriles is 1. The lowest BCUT2D eigenvalue weighted by atomic mass is 9.75. The van der Waals surface area contributed by atoms with Crippen LogP contribution in [0.1, 0.15) is 58.3 Å². The molecule has 1 atom stereocenters. The Balaban J connectivity index is 1.31. The van der Waals surface area contributed by atoms with Crippen LogP contribution in [-0.2, 0) is 9.63 Å². The van der Waals surface area contributed by atoms with Crippen molar-refractivity contribution in [1.82, 2.24) is 20.6 Å². The Morgan fingerprint density at radius 2 is 1.91 bits per heavy atom. The molecule has 0 aromatic carbocycles. The Labute approximate surface area is 187 Å². The number of carbonyl (C=O) groups excluding carboxylic acids is 2. The van der Waals surface area contributed by atoms with E-state index >= 15 is 0 Å². The number of halogens is 2. The van der Waals surface area contributed by atoms with Crippen molar-refractivity contribution in [3.63, 3.8) is 0 Å². The number of likely N-dealkylation sites (tertiary alicyclic amines) is 1. The molecular formula is C22H33F2N5O3. The van der Waals surface area contributed by atoms with E-state index in [9.17, 15) is 23.6 Å². The summed E-state index contributed by atoms with van der Waals surface area (Å²) in [5.41, 5.74) is -0.863. The average Bonchev–Trinajstić information content (AvgIpc) is 3.65. The highest BCUT2D eigenvalue weighted by Crippen LogP contribution is 2.40. The van der Waals surface area contributed by atoms with Crippen LogP contribution in [0.3, 0.4) is 0 Å². The van der Waals surface area contributed by atoms with E-state index in [2.05, 4.69) is 15.7 Å². The Kier molecular flexibility index (Phi) is 6.34. The number of piperidine rings is 1. The maximum Gasteiger partial charge on any atom is 0.318 e. The van der Waals surface area contributed by atoms with Crippen LogP contribution in [-0.4, -0.2) is 72.2 Å². The fourth-order valence-corrected chi connectivity index (χ4v) is 4.71. The SMILES string of the molecule is CC(F)(F)C[C@H](NC(=O)N1CCC2(CCON(CC3CC3)C2)CC1)C(=O)NC1(C#N)CC1. The zero-order valence-corrected chi connectivity index (χ0v) is 18.7. The van der Waals surface area contributed by atoms with E-state index < -0.39 is 35.9 Å². The van der Waals surface area contributed by atoms with Crippen LogP contribution in [0, 0.1) is 22.7 Å². The number of hydrogen-bond acceptors (Lipinski definition) is 5. The topological polar surface area (TPSA) is 97.7 Å². The molecule has 4 rings (SSSR count). The number of nitrogens with one attached hydrogen (secondary N) is 2. The molecule has 10 heteroatoms. The highest BCUT2D eigenvalue weighted by atomic mass is 19.3. The van der Waals surface area contributed by atoms with E-state index in [0.29, 0.717) is 32.5 Å². The molecule has 4 aliphatic rings. The maximum atomic E-state index is 13.7. The van der Waals surface area contributed by atoms with Crippen LogP contribution >= 0.6 is 0 Å². The predicted octanol–water partition coefficient (Wildman–Crippen LogP) is 2.41. The molecular weight excluding hydrogens is 420 g/mol. The monoisotopic (exact) mass is 453 g/mol. The minimum absolute atomic E-state index is 0.113. The van der Waals surface area contributed by atoms with Crippen LogP contribution in [0.25, 0.3) is 0 Å². The summed E-state index contributed by atoms with van der Waals surface area (Å²) in [6, 6.07) is 0.119. The number of hydroxylamine groups is 2. The van der Waals surface area contributed by atoms with Gasteiger partial charge in [-0.2, -0.15) is 10.3 Å². The normalized spacial score (nSPS) is 25.6. The van der Waals surface area contributed by atoms with Gasteiger partial charge in [0, 0.05) is 32.6 Å². The van der Waals surface area contributed by atoms with Crippen molar-refractivity contribution in [3.8, 4) is 6.07 Å². The van der Waals surface area contributed by atoms with Crippen molar-refractivity contribution in [1.29, 1.82) is 5.26 Å². The third-order valence-corrected chi connectivity index (χ3v) is 7.19. The summed E-state index contributed by atoms with van der Waals surface area (Å²) in [5.74, 6) is -3.11. The Morgan fingerprint density at radius 1 is 1.22 bits per heavy atom. The van der Waals surface area contributed by atoms with E-state index in [0.717, 1.165) is 45.2 Å². The molecule has 178 valence electrons. The van der Waals surface area contributed by atoms with Crippen LogP contribution in [0.2, 0.25) is 0 Å². The first-order chi connectivity index (χ1) is 15.1. The Morgan fingerprint density at radius 3 is 2.47 bits per heavy atom. The predicted molar refractivity (Wildman–Crippen MR) is 111 cm³/mol. The van der Waals surface area contributed by atoms with Gasteiger partial charge in [0.25, 0.3) is 0 Å². The number of alkyl halides is 2. The highest BCUT2D eigenvalue weighted by Gasteiger charge is 2.47. The third kappa shape index (κ3) is 5.87. The molecule has 2 saturated carbocycles. The van der Waals surface area contributed by atoms with Gasteiger partial charge >= 0.3 is 6.03 Å². The van der Waals surface area contributed by atoms with Gasteiger partial charge in [-0.15, -0.1) is 0 Å². The second-order valence-corrected chi connectivity index (χ2v) is 10.3. The van der Waals surface area contributed by atoms with E-state index in [-0.39, 0.29) is 5.41 Å². The van der Waals surface area contributed by atoms with E-state index in [4.69, 9.17) is 4.84 Å². The van der Waals surface area contributed by atoms with Crippen LogP contribution < -0.4 is 10.6 Å². The molecule has 2 saturated heterocycles. The van der Waals surface area contributed by atoms with Gasteiger partial charge in [0.2, 0.25) is 11.8 Å². The summed E-state index contributed by atoms with van der Waals surface area (Å²) in [4.78, 5) is 32.8. The van der Waals surface area contributed by atoms with E-state index in [1.165, 1.54) is 12.8 Å². The molecule has 2 aliphatic carbocycles. The van der Waals surface area contributed by atoms with Gasteiger partial charge in [-0.3, -0.25) is 9.63 Å². The highest BCUT2D eigenvalue weighted by molar-refractivity contribution is 5.88. The second-order valence-electron chi connectivity index (χ2n) is 10.3. The number of urea groups is 1. The lowest BCUT2D eigenvalue weighted by Gasteiger charge is -2.47. The number of rotatable bonds is 7. The van der Waals surface area contributed by atoms with Crippen molar-refractivity contribution >= 4 is 11.9 Å². The number of amides is 3. The zero-order valence-electron chi connectivity index (χ0n) is 18.7. The fourth-order valence-electron chi connectivity index (χ4n) is 4.71. The average molecular weight is 454 g/mol. The summed E-state index contributed by atoms with van der Waals surface area (Å²) in [6.07, 6.45) is 5.31. The first kappa shape index (κ1) is 23.2. The molecule has 0 unspecified atom stereocenters. The summed E-state index contributed by atoms with van der Waals surface area (Å²) in [6.45, 7) is 4.28. The maximum absolute atomic E-state index is 13.7. The molecule has 0 aromatic heterocycles. The molecule has 1 spiro atoms. The first-order valence-corrected chi connectivity index (χ1v) is 11.7. The summed E-state index contributed by atoms with van der Waals surface area (Å²) < 4.78 is 27.4. The molecule has 0 aromatic rings. The van der Waals surface area contributed by atoms with Crippen molar-refractivity contribution in [3.05, 3.63) is 0 Å². The smallest absolute Gasteiger partial charge is 0.318 e. The van der Waals surface area contributed by atoms with Gasteiger partial charge in [-0.05, 0) is 63.2 Å². The zero-order chi connectivity index (χ0) is 23.0. The first-order valence-electron chi connectivity index (χ1n) is 11.7. The third-order valence-electron chi connectivity index (χ3n) is 7.19. The minimum Gasteiger partial charge on any atom is -0.336 e. The standard InChI is InChI=1S/C22H33F2N5O3/c1-20(23,24)12-17(18(30)27-22(14-25)4-5-22)26-19(31)28-9-6-21(7-10-28)8-11-32-29(15-21)13-16-2-3-16/h16-17H,2-13,15H2,1H3,(H,26,31)(H,27,30)/t17-/m0/s1. The summed E-state index contributed by atoms with van der Waals surface area (Å²) in [7, 11) is 0. The number of nitrogens with zero attached hydrogens (tertiary/aromatic N) is 3. The molecule has 0 radical (unpaired) electrons. The summed E-state index contributed by atoms with van der Waals surface area (Å²) in [5, 5.41) is 16.3. The molecule has 2 heterocycles. The van der Waals surface area contributed by atoms with Crippen LogP contribution in [0.4, 0.5) is 13.6 Å². The lowest BCUT2D eigenvalue weighted by Crippen LogP contribution is -2.57. The quantitative estimate of drug-likeness (QED) is 0.617. The summed E-state index contributed by atoms with van der Waals surface area (Å²) >= 11 is 0. The number of carbonyl (C=O) groups is 2. The van der Waals surface area contributed by atoms with Crippen molar-refractivity contribution in [2.75, 3.05) is 32.8 Å². The largest absolute Gasteiger partial charge is 0.336 e. The molecule has 0 bridgehead atoms. The molecule has 32 heavy (non-hydrogen) atoms. The van der Waals surface area contributed by atoms with Gasteiger partial charge < -0.3 is 15.5 Å². The van der Waals surface area contributed by atoms with Crippen molar-refractivity contribution in [2.45, 2.75) is 75.8 Å². The molecule has 8 nitrogen and oxygen atoms in total. The van der Waals surface area contributed by atoms with Gasteiger partial charge in [0.1, 0.15) is 11.6 Å².